The van der Waals surface area contributed by atoms with Crippen molar-refractivity contribution in [3.63, 3.8) is 0 Å². The molecule has 2 rings (SSSR count). The summed E-state index contributed by atoms with van der Waals surface area (Å²) in [6.45, 7) is 4.53. The van der Waals surface area contributed by atoms with Crippen molar-refractivity contribution in [1.29, 1.82) is 0 Å². The van der Waals surface area contributed by atoms with E-state index < -0.39 is 0 Å². The molecule has 0 saturated heterocycles. The second-order valence-electron chi connectivity index (χ2n) is 7.04. The van der Waals surface area contributed by atoms with Crippen LogP contribution in [-0.2, 0) is 11.3 Å². The van der Waals surface area contributed by atoms with Crippen LogP contribution in [0.15, 0.2) is 23.2 Å². The van der Waals surface area contributed by atoms with E-state index in [9.17, 15) is 0 Å². The molecule has 0 aliphatic heterocycles. The highest BCUT2D eigenvalue weighted by Crippen LogP contribution is 2.40. The first-order valence-corrected chi connectivity index (χ1v) is 9.19. The molecule has 0 heterocycles. The number of benzene rings is 1. The third-order valence-corrected chi connectivity index (χ3v) is 5.24. The molecule has 1 saturated carbocycles. The van der Waals surface area contributed by atoms with E-state index in [0.29, 0.717) is 12.0 Å². The number of ether oxygens (including phenoxy) is 2. The minimum atomic E-state index is 0.342. The summed E-state index contributed by atoms with van der Waals surface area (Å²) in [7, 11) is 5.31. The van der Waals surface area contributed by atoms with E-state index in [1.54, 1.807) is 14.2 Å². The number of guanidine groups is 1. The largest absolute Gasteiger partial charge is 0.496 e. The molecule has 0 atom stereocenters. The van der Waals surface area contributed by atoms with E-state index >= 15 is 0 Å². The summed E-state index contributed by atoms with van der Waals surface area (Å²) >= 11 is 0. The van der Waals surface area contributed by atoms with Crippen molar-refractivity contribution in [3.05, 3.63) is 29.3 Å². The van der Waals surface area contributed by atoms with Crippen molar-refractivity contribution in [3.8, 4) is 5.75 Å². The second-order valence-corrected chi connectivity index (χ2v) is 7.04. The lowest BCUT2D eigenvalue weighted by Crippen LogP contribution is -2.43. The van der Waals surface area contributed by atoms with Gasteiger partial charge in [-0.15, -0.1) is 0 Å². The summed E-state index contributed by atoms with van der Waals surface area (Å²) in [5.74, 6) is 1.75. The molecule has 0 amide bonds. The van der Waals surface area contributed by atoms with Crippen molar-refractivity contribution in [1.82, 2.24) is 10.6 Å². The van der Waals surface area contributed by atoms with E-state index in [0.717, 1.165) is 36.8 Å². The van der Waals surface area contributed by atoms with Gasteiger partial charge in [-0.2, -0.15) is 0 Å². The second kappa shape index (κ2) is 9.66. The zero-order valence-electron chi connectivity index (χ0n) is 16.2. The van der Waals surface area contributed by atoms with Crippen LogP contribution >= 0.6 is 0 Å². The van der Waals surface area contributed by atoms with Gasteiger partial charge in [-0.1, -0.05) is 25.0 Å². The average molecular weight is 348 g/mol. The Hall–Kier alpha value is -1.75. The maximum Gasteiger partial charge on any atom is 0.191 e. The summed E-state index contributed by atoms with van der Waals surface area (Å²) in [4.78, 5) is 4.37. The Morgan fingerprint density at radius 2 is 1.96 bits per heavy atom. The van der Waals surface area contributed by atoms with Crippen molar-refractivity contribution in [2.24, 2.45) is 10.4 Å². The fourth-order valence-corrected chi connectivity index (χ4v) is 3.63. The molecule has 140 valence electrons. The van der Waals surface area contributed by atoms with Crippen LogP contribution in [0.5, 0.6) is 5.75 Å². The highest BCUT2D eigenvalue weighted by atomic mass is 16.5. The molecule has 5 heteroatoms. The SMILES string of the molecule is CN=C(NCc1ccc(C)cc1OC)NCC1(CCOC)CCCC1. The minimum absolute atomic E-state index is 0.342. The topological polar surface area (TPSA) is 54.9 Å². The zero-order chi connectivity index (χ0) is 18.1. The lowest BCUT2D eigenvalue weighted by Gasteiger charge is -2.30. The van der Waals surface area contributed by atoms with Crippen LogP contribution in [0.4, 0.5) is 0 Å². The van der Waals surface area contributed by atoms with Crippen LogP contribution in [0.3, 0.4) is 0 Å². The van der Waals surface area contributed by atoms with Gasteiger partial charge in [0.1, 0.15) is 5.75 Å². The maximum atomic E-state index is 5.48. The molecule has 1 aliphatic carbocycles. The van der Waals surface area contributed by atoms with Gasteiger partial charge >= 0.3 is 0 Å². The summed E-state index contributed by atoms with van der Waals surface area (Å²) in [5.41, 5.74) is 2.67. The first-order chi connectivity index (χ1) is 12.1. The number of methoxy groups -OCH3 is 2. The molecule has 25 heavy (non-hydrogen) atoms. The van der Waals surface area contributed by atoms with Gasteiger partial charge in [-0.05, 0) is 43.2 Å². The normalized spacial score (nSPS) is 16.7. The number of hydrogen-bond donors (Lipinski definition) is 2. The van der Waals surface area contributed by atoms with E-state index in [2.05, 4.69) is 40.7 Å². The molecule has 1 aromatic carbocycles. The number of nitrogens with one attached hydrogen (secondary N) is 2. The van der Waals surface area contributed by atoms with Crippen LogP contribution in [0.2, 0.25) is 0 Å². The standard InChI is InChI=1S/C20H33N3O2/c1-16-7-8-17(18(13-16)25-4)14-22-19(21-2)23-15-20(11-12-24-3)9-5-6-10-20/h7-8,13H,5-6,9-12,14-15H2,1-4H3,(H2,21,22,23). The quantitative estimate of drug-likeness (QED) is 0.560. The third kappa shape index (κ3) is 5.63. The molecule has 0 radical (unpaired) electrons. The van der Waals surface area contributed by atoms with Gasteiger partial charge in [0.15, 0.2) is 5.96 Å². The van der Waals surface area contributed by atoms with Crippen LogP contribution in [0.1, 0.15) is 43.2 Å². The first-order valence-electron chi connectivity index (χ1n) is 9.19. The van der Waals surface area contributed by atoms with Crippen LogP contribution in [-0.4, -0.2) is 40.4 Å². The Morgan fingerprint density at radius 1 is 1.20 bits per heavy atom. The van der Waals surface area contributed by atoms with E-state index in [1.807, 2.05) is 7.05 Å². The van der Waals surface area contributed by atoms with E-state index in [-0.39, 0.29) is 0 Å². The van der Waals surface area contributed by atoms with E-state index in [4.69, 9.17) is 9.47 Å². The molecular formula is C20H33N3O2. The third-order valence-electron chi connectivity index (χ3n) is 5.24. The summed E-state index contributed by atoms with van der Waals surface area (Å²) in [6.07, 6.45) is 6.29. The van der Waals surface area contributed by atoms with Crippen molar-refractivity contribution in [2.75, 3.05) is 34.4 Å². The highest BCUT2D eigenvalue weighted by Gasteiger charge is 2.33. The summed E-state index contributed by atoms with van der Waals surface area (Å²) in [6, 6.07) is 6.27. The number of hydrogen-bond acceptors (Lipinski definition) is 3. The van der Waals surface area contributed by atoms with Crippen LogP contribution < -0.4 is 15.4 Å². The number of rotatable bonds is 8. The van der Waals surface area contributed by atoms with Crippen molar-refractivity contribution < 1.29 is 9.47 Å². The highest BCUT2D eigenvalue weighted by molar-refractivity contribution is 5.79. The predicted octanol–water partition coefficient (Wildman–Crippen LogP) is 3.27. The zero-order valence-corrected chi connectivity index (χ0v) is 16.2. The van der Waals surface area contributed by atoms with Gasteiger partial charge in [-0.25, -0.2) is 0 Å². The Bertz CT molecular complexity index is 566. The summed E-state index contributed by atoms with van der Waals surface area (Å²) < 4.78 is 10.8. The van der Waals surface area contributed by atoms with Gasteiger partial charge in [0.05, 0.1) is 7.11 Å². The van der Waals surface area contributed by atoms with Crippen molar-refractivity contribution in [2.45, 2.75) is 45.6 Å². The molecule has 0 unspecified atom stereocenters. The number of aliphatic imine (C=N–C) groups is 1. The number of aryl methyl sites for hydroxylation is 1. The molecule has 0 aromatic heterocycles. The lowest BCUT2D eigenvalue weighted by atomic mass is 9.83. The Balaban J connectivity index is 1.90. The van der Waals surface area contributed by atoms with Gasteiger partial charge < -0.3 is 20.1 Å². The molecular weight excluding hydrogens is 314 g/mol. The molecule has 2 N–H and O–H groups in total. The van der Waals surface area contributed by atoms with Gasteiger partial charge in [0.25, 0.3) is 0 Å². The molecule has 0 bridgehead atoms. The Labute approximate surface area is 152 Å². The molecule has 1 aliphatic rings. The lowest BCUT2D eigenvalue weighted by molar-refractivity contribution is 0.138. The van der Waals surface area contributed by atoms with Gasteiger partial charge in [0, 0.05) is 39.4 Å². The smallest absolute Gasteiger partial charge is 0.191 e. The average Bonchev–Trinajstić information content (AvgIpc) is 3.10. The maximum absolute atomic E-state index is 5.48. The monoisotopic (exact) mass is 347 g/mol. The molecule has 5 nitrogen and oxygen atoms in total. The Kier molecular flexibility index (Phi) is 7.56. The molecule has 1 fully saturated rings. The Morgan fingerprint density at radius 3 is 2.60 bits per heavy atom. The first kappa shape index (κ1) is 19.6. The number of nitrogens with zero attached hydrogens (tertiary/aromatic N) is 1. The fourth-order valence-electron chi connectivity index (χ4n) is 3.63. The molecule has 0 spiro atoms. The van der Waals surface area contributed by atoms with Crippen LogP contribution in [0.25, 0.3) is 0 Å². The van der Waals surface area contributed by atoms with Crippen LogP contribution in [0, 0.1) is 12.3 Å². The van der Waals surface area contributed by atoms with Gasteiger partial charge in [0.2, 0.25) is 0 Å². The minimum Gasteiger partial charge on any atom is -0.496 e. The van der Waals surface area contributed by atoms with E-state index in [1.165, 1.54) is 31.2 Å². The molecule has 1 aromatic rings. The predicted molar refractivity (Wildman–Crippen MR) is 103 cm³/mol. The van der Waals surface area contributed by atoms with Crippen molar-refractivity contribution >= 4 is 5.96 Å². The summed E-state index contributed by atoms with van der Waals surface area (Å²) in [5, 5.41) is 6.93. The van der Waals surface area contributed by atoms with Gasteiger partial charge in [-0.3, -0.25) is 4.99 Å². The fraction of sp³-hybridized carbons (Fsp3) is 0.650.